The van der Waals surface area contributed by atoms with Crippen LogP contribution in [0, 0.1) is 6.92 Å². The number of H-pyrrole nitrogens is 1. The number of amides is 2. The van der Waals surface area contributed by atoms with Crippen LogP contribution in [-0.2, 0) is 20.7 Å². The fourth-order valence-corrected chi connectivity index (χ4v) is 2.94. The van der Waals surface area contributed by atoms with E-state index in [9.17, 15) is 19.2 Å². The van der Waals surface area contributed by atoms with Crippen LogP contribution in [0.3, 0.4) is 0 Å². The number of nitrogens with zero attached hydrogens (tertiary/aromatic N) is 1. The van der Waals surface area contributed by atoms with Gasteiger partial charge in [0.2, 0.25) is 5.91 Å². The first-order valence-corrected chi connectivity index (χ1v) is 9.48. The van der Waals surface area contributed by atoms with Crippen molar-refractivity contribution in [2.45, 2.75) is 13.3 Å². The zero-order chi connectivity index (χ0) is 22.4. The number of hydrogen-bond donors (Lipinski definition) is 3. The third-order valence-electron chi connectivity index (χ3n) is 4.58. The van der Waals surface area contributed by atoms with Gasteiger partial charge in [-0.2, -0.15) is 0 Å². The third kappa shape index (κ3) is 5.47. The summed E-state index contributed by atoms with van der Waals surface area (Å²) in [5.41, 5.74) is 2.93. The van der Waals surface area contributed by atoms with Crippen molar-refractivity contribution < 1.29 is 19.1 Å². The molecule has 0 bridgehead atoms. The van der Waals surface area contributed by atoms with E-state index in [1.165, 1.54) is 11.7 Å². The van der Waals surface area contributed by atoms with E-state index in [0.717, 1.165) is 11.3 Å². The minimum atomic E-state index is -0.519. The van der Waals surface area contributed by atoms with E-state index in [2.05, 4.69) is 20.4 Å². The average molecular weight is 422 g/mol. The van der Waals surface area contributed by atoms with E-state index >= 15 is 0 Å². The number of ether oxygens (including phenoxy) is 1. The number of carbonyl (C=O) groups excluding carboxylic acids is 3. The molecule has 9 nitrogen and oxygen atoms in total. The van der Waals surface area contributed by atoms with Gasteiger partial charge < -0.3 is 20.4 Å². The second kappa shape index (κ2) is 9.57. The lowest BCUT2D eigenvalue weighted by Gasteiger charge is -2.08. The summed E-state index contributed by atoms with van der Waals surface area (Å²) >= 11 is 0. The summed E-state index contributed by atoms with van der Waals surface area (Å²) in [5, 5.41) is 5.25. The van der Waals surface area contributed by atoms with Gasteiger partial charge >= 0.3 is 11.7 Å². The Kier molecular flexibility index (Phi) is 6.66. The molecule has 0 spiro atoms. The highest BCUT2D eigenvalue weighted by atomic mass is 16.5. The van der Waals surface area contributed by atoms with Gasteiger partial charge in [0.25, 0.3) is 5.91 Å². The molecule has 2 amide bonds. The zero-order valence-corrected chi connectivity index (χ0v) is 17.1. The SMILES string of the molecule is COC(=O)CNC(=O)Cc1ccc(NC(=O)c2ccc(-n3c(C)c[nH]c3=O)cc2)cc1. The van der Waals surface area contributed by atoms with Crippen molar-refractivity contribution in [3.8, 4) is 5.69 Å². The number of hydrogen-bond acceptors (Lipinski definition) is 5. The van der Waals surface area contributed by atoms with Crippen LogP contribution in [0.25, 0.3) is 5.69 Å². The number of carbonyl (C=O) groups is 3. The second-order valence-corrected chi connectivity index (χ2v) is 6.80. The Labute approximate surface area is 178 Å². The number of nitrogens with one attached hydrogen (secondary N) is 3. The normalized spacial score (nSPS) is 10.4. The summed E-state index contributed by atoms with van der Waals surface area (Å²) in [6.07, 6.45) is 1.72. The summed E-state index contributed by atoms with van der Waals surface area (Å²) in [6, 6.07) is 13.5. The molecule has 0 saturated heterocycles. The van der Waals surface area contributed by atoms with Crippen LogP contribution >= 0.6 is 0 Å². The Morgan fingerprint density at radius 1 is 1.03 bits per heavy atom. The molecule has 9 heteroatoms. The molecule has 1 heterocycles. The van der Waals surface area contributed by atoms with E-state index in [1.807, 2.05) is 6.92 Å². The number of imidazole rings is 1. The Morgan fingerprint density at radius 2 is 1.71 bits per heavy atom. The molecular formula is C22H22N4O5. The predicted molar refractivity (Wildman–Crippen MR) is 114 cm³/mol. The number of aromatic nitrogens is 2. The van der Waals surface area contributed by atoms with Gasteiger partial charge in [-0.3, -0.25) is 19.0 Å². The minimum Gasteiger partial charge on any atom is -0.468 e. The highest BCUT2D eigenvalue weighted by Gasteiger charge is 2.10. The highest BCUT2D eigenvalue weighted by molar-refractivity contribution is 6.04. The van der Waals surface area contributed by atoms with E-state index < -0.39 is 5.97 Å². The first-order chi connectivity index (χ1) is 14.9. The Hall–Kier alpha value is -4.14. The van der Waals surface area contributed by atoms with E-state index in [4.69, 9.17) is 0 Å². The molecule has 160 valence electrons. The zero-order valence-electron chi connectivity index (χ0n) is 17.1. The standard InChI is InChI=1S/C22H22N4O5/c1-14-12-24-22(30)26(14)18-9-5-16(6-10-18)21(29)25-17-7-3-15(4-8-17)11-19(27)23-13-20(28)31-2/h3-10,12H,11,13H2,1-2H3,(H,23,27)(H,24,30)(H,25,29). The smallest absolute Gasteiger partial charge is 0.330 e. The van der Waals surface area contributed by atoms with Crippen molar-refractivity contribution in [3.05, 3.63) is 82.0 Å². The highest BCUT2D eigenvalue weighted by Crippen LogP contribution is 2.14. The molecule has 0 aliphatic carbocycles. The quantitative estimate of drug-likeness (QED) is 0.499. The van der Waals surface area contributed by atoms with Crippen LogP contribution in [0.15, 0.2) is 59.5 Å². The number of methoxy groups -OCH3 is 1. The topological polar surface area (TPSA) is 122 Å². The number of esters is 1. The maximum absolute atomic E-state index is 12.5. The summed E-state index contributed by atoms with van der Waals surface area (Å²) in [7, 11) is 1.25. The summed E-state index contributed by atoms with van der Waals surface area (Å²) in [5.74, 6) is -1.12. The van der Waals surface area contributed by atoms with Crippen molar-refractivity contribution in [1.82, 2.24) is 14.9 Å². The van der Waals surface area contributed by atoms with Crippen molar-refractivity contribution in [1.29, 1.82) is 0 Å². The van der Waals surface area contributed by atoms with Gasteiger partial charge in [-0.1, -0.05) is 12.1 Å². The molecule has 0 atom stereocenters. The van der Waals surface area contributed by atoms with Gasteiger partial charge in [0.15, 0.2) is 0 Å². The molecule has 31 heavy (non-hydrogen) atoms. The van der Waals surface area contributed by atoms with Gasteiger partial charge in [-0.15, -0.1) is 0 Å². The number of benzene rings is 2. The van der Waals surface area contributed by atoms with E-state index in [-0.39, 0.29) is 30.5 Å². The van der Waals surface area contributed by atoms with E-state index in [0.29, 0.717) is 16.9 Å². The van der Waals surface area contributed by atoms with Crippen molar-refractivity contribution in [2.75, 3.05) is 19.0 Å². The monoisotopic (exact) mass is 422 g/mol. The first-order valence-electron chi connectivity index (χ1n) is 9.48. The predicted octanol–water partition coefficient (Wildman–Crippen LogP) is 1.56. The molecule has 1 aromatic heterocycles. The van der Waals surface area contributed by atoms with Gasteiger partial charge in [-0.25, -0.2) is 4.79 Å². The molecule has 0 aliphatic heterocycles. The van der Waals surface area contributed by atoms with Crippen molar-refractivity contribution >= 4 is 23.5 Å². The lowest BCUT2D eigenvalue weighted by atomic mass is 10.1. The molecule has 0 aliphatic rings. The fraction of sp³-hybridized carbons (Fsp3) is 0.182. The van der Waals surface area contributed by atoms with Crippen LogP contribution in [0.1, 0.15) is 21.6 Å². The average Bonchev–Trinajstić information content (AvgIpc) is 3.11. The maximum Gasteiger partial charge on any atom is 0.330 e. The van der Waals surface area contributed by atoms with Crippen LogP contribution < -0.4 is 16.3 Å². The lowest BCUT2D eigenvalue weighted by molar-refractivity contribution is -0.141. The Balaban J connectivity index is 1.59. The molecule has 0 fully saturated rings. The maximum atomic E-state index is 12.5. The number of anilines is 1. The summed E-state index contributed by atoms with van der Waals surface area (Å²) in [4.78, 5) is 49.8. The molecule has 3 aromatic rings. The van der Waals surface area contributed by atoms with Gasteiger partial charge in [-0.05, 0) is 48.9 Å². The number of rotatable bonds is 7. The number of aromatic amines is 1. The van der Waals surface area contributed by atoms with Gasteiger partial charge in [0.05, 0.1) is 19.2 Å². The second-order valence-electron chi connectivity index (χ2n) is 6.80. The summed E-state index contributed by atoms with van der Waals surface area (Å²) in [6.45, 7) is 1.63. The van der Waals surface area contributed by atoms with Gasteiger partial charge in [0, 0.05) is 23.1 Å². The van der Waals surface area contributed by atoms with Crippen LogP contribution in [0.5, 0.6) is 0 Å². The third-order valence-corrected chi connectivity index (χ3v) is 4.58. The molecule has 3 rings (SSSR count). The molecule has 0 saturated carbocycles. The fourth-order valence-electron chi connectivity index (χ4n) is 2.94. The van der Waals surface area contributed by atoms with E-state index in [1.54, 1.807) is 54.7 Å². The van der Waals surface area contributed by atoms with Crippen molar-refractivity contribution in [3.63, 3.8) is 0 Å². The van der Waals surface area contributed by atoms with Crippen LogP contribution in [-0.4, -0.2) is 41.0 Å². The van der Waals surface area contributed by atoms with Crippen LogP contribution in [0.2, 0.25) is 0 Å². The molecule has 0 radical (unpaired) electrons. The Bertz CT molecular complexity index is 1140. The Morgan fingerprint density at radius 3 is 2.29 bits per heavy atom. The van der Waals surface area contributed by atoms with Crippen molar-refractivity contribution in [2.24, 2.45) is 0 Å². The number of aryl methyl sites for hydroxylation is 1. The largest absolute Gasteiger partial charge is 0.468 e. The van der Waals surface area contributed by atoms with Crippen LogP contribution in [0.4, 0.5) is 5.69 Å². The molecule has 3 N–H and O–H groups in total. The first kappa shape index (κ1) is 21.6. The lowest BCUT2D eigenvalue weighted by Crippen LogP contribution is -2.31. The summed E-state index contributed by atoms with van der Waals surface area (Å²) < 4.78 is 5.98. The van der Waals surface area contributed by atoms with Gasteiger partial charge in [0.1, 0.15) is 6.54 Å². The molecular weight excluding hydrogens is 400 g/mol. The molecule has 0 unspecified atom stereocenters. The molecule has 2 aromatic carbocycles. The minimum absolute atomic E-state index is 0.102.